The van der Waals surface area contributed by atoms with Crippen LogP contribution in [0.4, 0.5) is 4.39 Å². The predicted octanol–water partition coefficient (Wildman–Crippen LogP) is 1.71. The van der Waals surface area contributed by atoms with Crippen LogP contribution in [-0.4, -0.2) is 17.6 Å². The van der Waals surface area contributed by atoms with Crippen molar-refractivity contribution in [3.63, 3.8) is 0 Å². The summed E-state index contributed by atoms with van der Waals surface area (Å²) in [5, 5.41) is 10.9. The fraction of sp³-hybridized carbons (Fsp3) is 0.125. The van der Waals surface area contributed by atoms with E-state index >= 15 is 0 Å². The molecule has 0 atom stereocenters. The molecule has 76 valence electrons. The highest BCUT2D eigenvalue weighted by Gasteiger charge is 2.04. The summed E-state index contributed by atoms with van der Waals surface area (Å²) in [5.41, 5.74) is 5.15. The molecule has 0 aliphatic carbocycles. The molecule has 0 amide bonds. The Hall–Kier alpha value is -1.30. The molecule has 1 aromatic carbocycles. The van der Waals surface area contributed by atoms with Gasteiger partial charge in [0.1, 0.15) is 6.61 Å². The van der Waals surface area contributed by atoms with E-state index in [-0.39, 0.29) is 18.2 Å². The van der Waals surface area contributed by atoms with Crippen molar-refractivity contribution < 1.29 is 14.3 Å². The van der Waals surface area contributed by atoms with Crippen LogP contribution in [0.5, 0.6) is 5.75 Å². The van der Waals surface area contributed by atoms with Crippen LogP contribution in [0.1, 0.15) is 0 Å². The average molecular weight is 263 g/mol. The molecule has 1 rings (SSSR count). The van der Waals surface area contributed by atoms with Crippen LogP contribution in [0.25, 0.3) is 0 Å². The Balaban J connectivity index is 2.71. The Morgan fingerprint density at radius 3 is 3.00 bits per heavy atom. The van der Waals surface area contributed by atoms with Crippen LogP contribution in [0.2, 0.25) is 0 Å². The van der Waals surface area contributed by atoms with Gasteiger partial charge in [0.25, 0.3) is 0 Å². The zero-order valence-electron chi connectivity index (χ0n) is 7.08. The summed E-state index contributed by atoms with van der Waals surface area (Å²) in [6.45, 7) is -0.163. The van der Waals surface area contributed by atoms with Crippen LogP contribution in [-0.2, 0) is 0 Å². The Morgan fingerprint density at radius 1 is 1.64 bits per heavy atom. The molecule has 3 N–H and O–H groups in total. The average Bonchev–Trinajstić information content (AvgIpc) is 2.19. The highest BCUT2D eigenvalue weighted by molar-refractivity contribution is 9.10. The number of rotatable bonds is 3. The zero-order valence-corrected chi connectivity index (χ0v) is 8.66. The number of nitrogens with zero attached hydrogens (tertiary/aromatic N) is 1. The van der Waals surface area contributed by atoms with Crippen molar-refractivity contribution in [2.45, 2.75) is 0 Å². The third-order valence-corrected chi connectivity index (χ3v) is 1.89. The summed E-state index contributed by atoms with van der Waals surface area (Å²) in [7, 11) is 0. The molecule has 0 heterocycles. The number of ether oxygens (including phenoxy) is 1. The van der Waals surface area contributed by atoms with Crippen molar-refractivity contribution in [1.29, 1.82) is 0 Å². The molecule has 0 radical (unpaired) electrons. The second kappa shape index (κ2) is 4.80. The molecule has 14 heavy (non-hydrogen) atoms. The van der Waals surface area contributed by atoms with Crippen molar-refractivity contribution in [2.75, 3.05) is 6.61 Å². The first-order chi connectivity index (χ1) is 6.63. The quantitative estimate of drug-likeness (QED) is 0.377. The van der Waals surface area contributed by atoms with Gasteiger partial charge in [0.15, 0.2) is 17.4 Å². The summed E-state index contributed by atoms with van der Waals surface area (Å²) in [6.07, 6.45) is 0. The second-order valence-electron chi connectivity index (χ2n) is 2.45. The van der Waals surface area contributed by atoms with Gasteiger partial charge < -0.3 is 15.7 Å². The molecule has 0 aliphatic heterocycles. The van der Waals surface area contributed by atoms with E-state index in [0.717, 1.165) is 0 Å². The minimum absolute atomic E-state index is 0.0472. The molecule has 0 aliphatic rings. The van der Waals surface area contributed by atoms with E-state index in [0.29, 0.717) is 4.47 Å². The van der Waals surface area contributed by atoms with Crippen LogP contribution >= 0.6 is 15.9 Å². The van der Waals surface area contributed by atoms with Crippen molar-refractivity contribution >= 4 is 21.8 Å². The maximum Gasteiger partial charge on any atom is 0.177 e. The second-order valence-corrected chi connectivity index (χ2v) is 3.37. The largest absolute Gasteiger partial charge is 0.482 e. The highest BCUT2D eigenvalue weighted by atomic mass is 79.9. The van der Waals surface area contributed by atoms with Crippen LogP contribution < -0.4 is 10.5 Å². The summed E-state index contributed by atoms with van der Waals surface area (Å²) in [6, 6.07) is 4.26. The molecular weight excluding hydrogens is 255 g/mol. The Labute approximate surface area is 88.3 Å². The monoisotopic (exact) mass is 262 g/mol. The SMILES string of the molecule is N/C(COc1cc(Br)ccc1F)=N/O. The third-order valence-electron chi connectivity index (χ3n) is 1.40. The van der Waals surface area contributed by atoms with E-state index in [2.05, 4.69) is 21.1 Å². The van der Waals surface area contributed by atoms with Gasteiger partial charge in [-0.05, 0) is 18.2 Å². The fourth-order valence-corrected chi connectivity index (χ4v) is 1.11. The number of amidine groups is 1. The summed E-state index contributed by atoms with van der Waals surface area (Å²) < 4.78 is 18.7. The molecule has 0 bridgehead atoms. The molecule has 0 aromatic heterocycles. The van der Waals surface area contributed by atoms with Gasteiger partial charge in [0.05, 0.1) is 0 Å². The van der Waals surface area contributed by atoms with Gasteiger partial charge in [-0.25, -0.2) is 4.39 Å². The van der Waals surface area contributed by atoms with E-state index in [9.17, 15) is 4.39 Å². The smallest absolute Gasteiger partial charge is 0.177 e. The zero-order chi connectivity index (χ0) is 10.6. The van der Waals surface area contributed by atoms with E-state index in [1.807, 2.05) is 0 Å². The standard InChI is InChI=1S/C8H8BrFN2O2/c9-5-1-2-6(10)7(3-5)14-4-8(11)12-13/h1-3,13H,4H2,(H2,11,12). The molecule has 0 saturated heterocycles. The first kappa shape index (κ1) is 10.8. The van der Waals surface area contributed by atoms with Crippen LogP contribution in [0.3, 0.4) is 0 Å². The number of hydrogen-bond donors (Lipinski definition) is 2. The number of benzene rings is 1. The number of halogens is 2. The fourth-order valence-electron chi connectivity index (χ4n) is 0.768. The number of oxime groups is 1. The summed E-state index contributed by atoms with van der Waals surface area (Å²) in [5.74, 6) is -0.575. The Bertz CT molecular complexity index is 357. The van der Waals surface area contributed by atoms with Crippen LogP contribution in [0, 0.1) is 5.82 Å². The maximum atomic E-state index is 13.0. The maximum absolute atomic E-state index is 13.0. The van der Waals surface area contributed by atoms with Crippen LogP contribution in [0.15, 0.2) is 27.8 Å². The van der Waals surface area contributed by atoms with E-state index < -0.39 is 5.82 Å². The van der Waals surface area contributed by atoms with Gasteiger partial charge in [-0.2, -0.15) is 0 Å². The minimum Gasteiger partial charge on any atom is -0.482 e. The summed E-state index contributed by atoms with van der Waals surface area (Å²) >= 11 is 3.16. The third kappa shape index (κ3) is 2.88. The molecule has 4 nitrogen and oxygen atoms in total. The van der Waals surface area contributed by atoms with E-state index in [1.54, 1.807) is 6.07 Å². The van der Waals surface area contributed by atoms with Gasteiger partial charge in [0, 0.05) is 4.47 Å². The highest BCUT2D eigenvalue weighted by Crippen LogP contribution is 2.21. The van der Waals surface area contributed by atoms with E-state index in [4.69, 9.17) is 15.7 Å². The van der Waals surface area contributed by atoms with Gasteiger partial charge in [0.2, 0.25) is 0 Å². The lowest BCUT2D eigenvalue weighted by Gasteiger charge is -2.05. The van der Waals surface area contributed by atoms with Gasteiger partial charge in [-0.1, -0.05) is 21.1 Å². The lowest BCUT2D eigenvalue weighted by Crippen LogP contribution is -2.21. The molecule has 0 unspecified atom stereocenters. The van der Waals surface area contributed by atoms with Crippen molar-refractivity contribution in [3.8, 4) is 5.75 Å². The molecule has 0 saturated carbocycles. The summed E-state index contributed by atoms with van der Waals surface area (Å²) in [4.78, 5) is 0. The normalized spacial score (nSPS) is 11.4. The molecule has 0 fully saturated rings. The van der Waals surface area contributed by atoms with Crippen molar-refractivity contribution in [3.05, 3.63) is 28.5 Å². The Kier molecular flexibility index (Phi) is 3.70. The predicted molar refractivity (Wildman–Crippen MR) is 53.0 cm³/mol. The number of nitrogens with two attached hydrogens (primary N) is 1. The van der Waals surface area contributed by atoms with Gasteiger partial charge in [-0.3, -0.25) is 0 Å². The molecular formula is C8H8BrFN2O2. The van der Waals surface area contributed by atoms with Crippen molar-refractivity contribution in [1.82, 2.24) is 0 Å². The topological polar surface area (TPSA) is 67.8 Å². The van der Waals surface area contributed by atoms with Crippen molar-refractivity contribution in [2.24, 2.45) is 10.9 Å². The minimum atomic E-state index is -0.501. The van der Waals surface area contributed by atoms with Gasteiger partial charge >= 0.3 is 0 Å². The van der Waals surface area contributed by atoms with E-state index in [1.165, 1.54) is 12.1 Å². The molecule has 0 spiro atoms. The molecule has 6 heteroatoms. The first-order valence-corrected chi connectivity index (χ1v) is 4.47. The first-order valence-electron chi connectivity index (χ1n) is 3.67. The Morgan fingerprint density at radius 2 is 2.36 bits per heavy atom. The number of hydrogen-bond acceptors (Lipinski definition) is 3. The van der Waals surface area contributed by atoms with Gasteiger partial charge in [-0.15, -0.1) is 0 Å². The lowest BCUT2D eigenvalue weighted by atomic mass is 10.3. The molecule has 1 aromatic rings. The lowest BCUT2D eigenvalue weighted by molar-refractivity contribution is 0.303.